The summed E-state index contributed by atoms with van der Waals surface area (Å²) in [7, 11) is 0. The van der Waals surface area contributed by atoms with E-state index in [1.54, 1.807) is 11.1 Å². The zero-order chi connectivity index (χ0) is 14.3. The van der Waals surface area contributed by atoms with Crippen LogP contribution in [0, 0.1) is 17.8 Å². The lowest BCUT2D eigenvalue weighted by atomic mass is 9.40. The Morgan fingerprint density at radius 2 is 1.41 bits per heavy atom. The molecule has 0 aromatic heterocycles. The van der Waals surface area contributed by atoms with E-state index in [9.17, 15) is 0 Å². The Morgan fingerprint density at radius 3 is 2.23 bits per heavy atom. The molecule has 5 aliphatic rings. The van der Waals surface area contributed by atoms with Crippen LogP contribution in [0.4, 0.5) is 0 Å². The lowest BCUT2D eigenvalue weighted by Gasteiger charge is -2.63. The minimum absolute atomic E-state index is 0.472. The Balaban J connectivity index is 1.70. The van der Waals surface area contributed by atoms with Crippen molar-refractivity contribution in [3.63, 3.8) is 0 Å². The maximum Gasteiger partial charge on any atom is 0.00359 e. The summed E-state index contributed by atoms with van der Waals surface area (Å²) >= 11 is 0. The SMILES string of the molecule is c1ccc2c(c1)-c1ccccc1C13CC4CC(CC(C4)C21)C3. The molecule has 22 heavy (non-hydrogen) atoms. The van der Waals surface area contributed by atoms with Crippen LogP contribution in [0.25, 0.3) is 11.1 Å². The van der Waals surface area contributed by atoms with Crippen LogP contribution >= 0.6 is 0 Å². The van der Waals surface area contributed by atoms with Gasteiger partial charge in [-0.25, -0.2) is 0 Å². The maximum atomic E-state index is 2.46. The zero-order valence-electron chi connectivity index (χ0n) is 13.0. The van der Waals surface area contributed by atoms with Crippen molar-refractivity contribution in [3.05, 3.63) is 59.7 Å². The van der Waals surface area contributed by atoms with Gasteiger partial charge in [-0.1, -0.05) is 48.5 Å². The van der Waals surface area contributed by atoms with Gasteiger partial charge in [-0.2, -0.15) is 0 Å². The van der Waals surface area contributed by atoms with E-state index in [0.29, 0.717) is 5.41 Å². The number of fused-ring (bicyclic) bond motifs is 3. The highest BCUT2D eigenvalue weighted by molar-refractivity contribution is 5.77. The van der Waals surface area contributed by atoms with Gasteiger partial charge in [0, 0.05) is 5.41 Å². The molecule has 0 heteroatoms. The summed E-state index contributed by atoms with van der Waals surface area (Å²) in [6.07, 6.45) is 7.43. The molecule has 0 amide bonds. The molecular weight excluding hydrogens is 264 g/mol. The standard InChI is InChI=1S/C22H22/c1-2-7-19-17(5-1)18-6-3-4-8-20(18)22-12-14-9-15(13-22)11-16(10-14)21(19)22/h1-8,14-16,21H,9-13H2. The quantitative estimate of drug-likeness (QED) is 0.597. The van der Waals surface area contributed by atoms with Gasteiger partial charge in [0.05, 0.1) is 0 Å². The second-order valence-corrected chi connectivity index (χ2v) is 8.37. The van der Waals surface area contributed by atoms with Gasteiger partial charge in [-0.15, -0.1) is 0 Å². The monoisotopic (exact) mass is 286 g/mol. The van der Waals surface area contributed by atoms with E-state index in [1.165, 1.54) is 43.2 Å². The Labute approximate surface area is 132 Å². The molecule has 7 rings (SSSR count). The highest BCUT2D eigenvalue weighted by Gasteiger charge is 2.60. The van der Waals surface area contributed by atoms with Crippen LogP contribution in [0.1, 0.15) is 49.1 Å². The molecule has 0 nitrogen and oxygen atoms in total. The Hall–Kier alpha value is -1.56. The van der Waals surface area contributed by atoms with E-state index in [0.717, 1.165) is 23.7 Å². The van der Waals surface area contributed by atoms with Crippen molar-refractivity contribution in [2.45, 2.75) is 43.4 Å². The Kier molecular flexibility index (Phi) is 2.09. The third-order valence-electron chi connectivity index (χ3n) is 7.36. The number of hydrogen-bond acceptors (Lipinski definition) is 0. The number of hydrogen-bond donors (Lipinski definition) is 0. The van der Waals surface area contributed by atoms with Gasteiger partial charge in [0.25, 0.3) is 0 Å². The molecular formula is C22H22. The molecule has 5 aliphatic carbocycles. The average molecular weight is 286 g/mol. The summed E-state index contributed by atoms with van der Waals surface area (Å²) in [4.78, 5) is 0. The molecule has 0 N–H and O–H groups in total. The molecule has 3 atom stereocenters. The molecule has 0 heterocycles. The van der Waals surface area contributed by atoms with Crippen LogP contribution in [0.5, 0.6) is 0 Å². The second kappa shape index (κ2) is 3.85. The second-order valence-electron chi connectivity index (χ2n) is 8.37. The molecule has 2 aromatic rings. The molecule has 3 unspecified atom stereocenters. The van der Waals surface area contributed by atoms with Crippen LogP contribution in [-0.2, 0) is 5.41 Å². The molecule has 0 aliphatic heterocycles. The largest absolute Gasteiger partial charge is 0.0619 e. The van der Waals surface area contributed by atoms with Crippen LogP contribution in [0.15, 0.2) is 48.5 Å². The Morgan fingerprint density at radius 1 is 0.727 bits per heavy atom. The van der Waals surface area contributed by atoms with E-state index >= 15 is 0 Å². The van der Waals surface area contributed by atoms with Gasteiger partial charge in [-0.05, 0) is 78.0 Å². The highest BCUT2D eigenvalue weighted by atomic mass is 14.6. The van der Waals surface area contributed by atoms with Crippen LogP contribution in [-0.4, -0.2) is 0 Å². The van der Waals surface area contributed by atoms with E-state index in [1.807, 2.05) is 0 Å². The van der Waals surface area contributed by atoms with E-state index in [4.69, 9.17) is 0 Å². The van der Waals surface area contributed by atoms with Gasteiger partial charge < -0.3 is 0 Å². The van der Waals surface area contributed by atoms with E-state index in [2.05, 4.69) is 48.5 Å². The van der Waals surface area contributed by atoms with Gasteiger partial charge in [0.15, 0.2) is 0 Å². The molecule has 1 spiro atoms. The molecule has 4 fully saturated rings. The number of rotatable bonds is 0. The molecule has 2 aromatic carbocycles. The summed E-state index contributed by atoms with van der Waals surface area (Å²) in [5, 5.41) is 0. The van der Waals surface area contributed by atoms with Gasteiger partial charge in [0.2, 0.25) is 0 Å². The Bertz CT molecular complexity index is 757. The highest BCUT2D eigenvalue weighted by Crippen LogP contribution is 2.69. The maximum absolute atomic E-state index is 2.46. The van der Waals surface area contributed by atoms with Crippen molar-refractivity contribution in [2.75, 3.05) is 0 Å². The van der Waals surface area contributed by atoms with E-state index in [-0.39, 0.29) is 0 Å². The minimum atomic E-state index is 0.472. The van der Waals surface area contributed by atoms with Crippen molar-refractivity contribution < 1.29 is 0 Å². The summed E-state index contributed by atoms with van der Waals surface area (Å²) in [5.74, 6) is 3.76. The first kappa shape index (κ1) is 11.9. The fraction of sp³-hybridized carbons (Fsp3) is 0.455. The lowest BCUT2D eigenvalue weighted by molar-refractivity contribution is -0.0289. The molecule has 0 radical (unpaired) electrons. The summed E-state index contributed by atoms with van der Waals surface area (Å²) in [6.45, 7) is 0. The predicted octanol–water partition coefficient (Wildman–Crippen LogP) is 5.53. The predicted molar refractivity (Wildman–Crippen MR) is 89.9 cm³/mol. The van der Waals surface area contributed by atoms with Crippen molar-refractivity contribution in [3.8, 4) is 11.1 Å². The van der Waals surface area contributed by atoms with Crippen molar-refractivity contribution in [1.29, 1.82) is 0 Å². The molecule has 0 saturated heterocycles. The fourth-order valence-electron chi connectivity index (χ4n) is 7.15. The minimum Gasteiger partial charge on any atom is -0.0619 e. The number of benzene rings is 2. The summed E-state index contributed by atoms with van der Waals surface area (Å²) in [6, 6.07) is 18.7. The fourth-order valence-corrected chi connectivity index (χ4v) is 7.15. The molecule has 4 saturated carbocycles. The van der Waals surface area contributed by atoms with Gasteiger partial charge in [-0.3, -0.25) is 0 Å². The third kappa shape index (κ3) is 1.27. The lowest BCUT2D eigenvalue weighted by Crippen LogP contribution is -2.55. The summed E-state index contributed by atoms with van der Waals surface area (Å²) < 4.78 is 0. The topological polar surface area (TPSA) is 0 Å². The van der Waals surface area contributed by atoms with Crippen molar-refractivity contribution in [1.82, 2.24) is 0 Å². The normalized spacial score (nSPS) is 40.0. The van der Waals surface area contributed by atoms with Crippen LogP contribution in [0.3, 0.4) is 0 Å². The van der Waals surface area contributed by atoms with Crippen molar-refractivity contribution in [2.24, 2.45) is 17.8 Å². The zero-order valence-corrected chi connectivity index (χ0v) is 13.0. The van der Waals surface area contributed by atoms with Gasteiger partial charge >= 0.3 is 0 Å². The third-order valence-corrected chi connectivity index (χ3v) is 7.36. The molecule has 4 bridgehead atoms. The van der Waals surface area contributed by atoms with Crippen molar-refractivity contribution >= 4 is 0 Å². The van der Waals surface area contributed by atoms with Crippen LogP contribution in [0.2, 0.25) is 0 Å². The first-order chi connectivity index (χ1) is 10.9. The first-order valence-corrected chi connectivity index (χ1v) is 9.04. The summed E-state index contributed by atoms with van der Waals surface area (Å²) in [5.41, 5.74) is 6.90. The first-order valence-electron chi connectivity index (χ1n) is 9.04. The van der Waals surface area contributed by atoms with Gasteiger partial charge in [0.1, 0.15) is 0 Å². The van der Waals surface area contributed by atoms with E-state index < -0.39 is 0 Å². The smallest absolute Gasteiger partial charge is 0.00359 e. The van der Waals surface area contributed by atoms with Crippen LogP contribution < -0.4 is 0 Å². The molecule has 110 valence electrons. The average Bonchev–Trinajstić information content (AvgIpc) is 2.54.